The number of carbonyl (C=O) groups is 1. The monoisotopic (exact) mass is 482 g/mol. The third kappa shape index (κ3) is 5.10. The van der Waals surface area contributed by atoms with Crippen LogP contribution in [-0.2, 0) is 4.79 Å². The number of anilines is 1. The molecule has 4 aromatic rings. The van der Waals surface area contributed by atoms with E-state index in [9.17, 15) is 4.79 Å². The molecule has 1 aromatic heterocycles. The summed E-state index contributed by atoms with van der Waals surface area (Å²) in [7, 11) is 0. The van der Waals surface area contributed by atoms with Gasteiger partial charge in [0.15, 0.2) is 11.9 Å². The van der Waals surface area contributed by atoms with Gasteiger partial charge in [0.05, 0.1) is 12.3 Å². The normalized spacial score (nSPS) is 14.5. The zero-order valence-corrected chi connectivity index (χ0v) is 20.6. The zero-order valence-electron chi connectivity index (χ0n) is 20.6. The molecule has 0 aliphatic carbocycles. The van der Waals surface area contributed by atoms with Crippen LogP contribution in [0.2, 0.25) is 0 Å². The quantitative estimate of drug-likeness (QED) is 0.377. The third-order valence-electron chi connectivity index (χ3n) is 6.41. The number of fused-ring (bicyclic) bond motifs is 1. The van der Waals surface area contributed by atoms with E-state index >= 15 is 0 Å². The smallest absolute Gasteiger partial charge is 0.263 e. The molecule has 7 heteroatoms. The SMILES string of the molecule is CCOc1cccc(OC(C)C(=O)N2CCN(c3ccc(-c4cccc5ccccc45)nn3)CC2)c1. The molecule has 2 heterocycles. The van der Waals surface area contributed by atoms with Crippen LogP contribution in [0.25, 0.3) is 22.0 Å². The Hall–Kier alpha value is -4.13. The van der Waals surface area contributed by atoms with Crippen molar-refractivity contribution in [2.24, 2.45) is 0 Å². The largest absolute Gasteiger partial charge is 0.494 e. The fourth-order valence-electron chi connectivity index (χ4n) is 4.56. The second-order valence-corrected chi connectivity index (χ2v) is 8.78. The summed E-state index contributed by atoms with van der Waals surface area (Å²) >= 11 is 0. The number of aromatic nitrogens is 2. The van der Waals surface area contributed by atoms with Gasteiger partial charge in [0.25, 0.3) is 5.91 Å². The van der Waals surface area contributed by atoms with Crippen molar-refractivity contribution in [2.75, 3.05) is 37.7 Å². The van der Waals surface area contributed by atoms with Crippen molar-refractivity contribution in [3.05, 3.63) is 78.9 Å². The van der Waals surface area contributed by atoms with E-state index in [0.717, 1.165) is 28.2 Å². The highest BCUT2D eigenvalue weighted by atomic mass is 16.5. The molecule has 1 amide bonds. The predicted octanol–water partition coefficient (Wildman–Crippen LogP) is 4.81. The fraction of sp³-hybridized carbons (Fsp3) is 0.276. The number of piperazine rings is 1. The van der Waals surface area contributed by atoms with Gasteiger partial charge in [-0.3, -0.25) is 4.79 Å². The van der Waals surface area contributed by atoms with Crippen molar-refractivity contribution in [3.8, 4) is 22.8 Å². The third-order valence-corrected chi connectivity index (χ3v) is 6.41. The van der Waals surface area contributed by atoms with Crippen LogP contribution < -0.4 is 14.4 Å². The first-order valence-electron chi connectivity index (χ1n) is 12.4. The van der Waals surface area contributed by atoms with Crippen LogP contribution in [0, 0.1) is 0 Å². The highest BCUT2D eigenvalue weighted by Gasteiger charge is 2.27. The highest BCUT2D eigenvalue weighted by Crippen LogP contribution is 2.28. The molecule has 1 aliphatic rings. The van der Waals surface area contributed by atoms with E-state index in [1.165, 1.54) is 5.39 Å². The number of benzene rings is 3. The summed E-state index contributed by atoms with van der Waals surface area (Å²) in [5.74, 6) is 2.16. The van der Waals surface area contributed by atoms with Gasteiger partial charge in [-0.25, -0.2) is 0 Å². The van der Waals surface area contributed by atoms with Crippen LogP contribution in [0.4, 0.5) is 5.82 Å². The van der Waals surface area contributed by atoms with E-state index in [-0.39, 0.29) is 5.91 Å². The lowest BCUT2D eigenvalue weighted by molar-refractivity contribution is -0.138. The van der Waals surface area contributed by atoms with E-state index in [4.69, 9.17) is 9.47 Å². The second-order valence-electron chi connectivity index (χ2n) is 8.78. The standard InChI is InChI=1S/C29H30N4O3/c1-3-35-23-10-7-11-24(20-23)36-21(2)29(34)33-18-16-32(17-19-33)28-15-14-27(30-31-28)26-13-6-9-22-8-4-5-12-25(22)26/h4-15,20-21H,3,16-19H2,1-2H3. The molecule has 184 valence electrons. The Morgan fingerprint density at radius 3 is 2.42 bits per heavy atom. The van der Waals surface area contributed by atoms with Crippen molar-refractivity contribution >= 4 is 22.5 Å². The molecule has 3 aromatic carbocycles. The molecule has 0 radical (unpaired) electrons. The lowest BCUT2D eigenvalue weighted by Gasteiger charge is -2.36. The first-order chi connectivity index (χ1) is 17.6. The Kier molecular flexibility index (Phi) is 6.98. The molecule has 0 bridgehead atoms. The van der Waals surface area contributed by atoms with Crippen LogP contribution in [-0.4, -0.2) is 59.9 Å². The summed E-state index contributed by atoms with van der Waals surface area (Å²) in [6.45, 7) is 6.92. The topological polar surface area (TPSA) is 67.8 Å². The molecular weight excluding hydrogens is 452 g/mol. The summed E-state index contributed by atoms with van der Waals surface area (Å²) in [6.07, 6.45) is -0.576. The molecular formula is C29H30N4O3. The molecule has 7 nitrogen and oxygen atoms in total. The minimum Gasteiger partial charge on any atom is -0.494 e. The number of hydrogen-bond acceptors (Lipinski definition) is 6. The maximum Gasteiger partial charge on any atom is 0.263 e. The molecule has 1 unspecified atom stereocenters. The summed E-state index contributed by atoms with van der Waals surface area (Å²) in [4.78, 5) is 17.0. The number of ether oxygens (including phenoxy) is 2. The van der Waals surface area contributed by atoms with E-state index in [0.29, 0.717) is 38.5 Å². The first-order valence-corrected chi connectivity index (χ1v) is 12.4. The minimum absolute atomic E-state index is 0.0196. The van der Waals surface area contributed by atoms with Crippen molar-refractivity contribution in [1.29, 1.82) is 0 Å². The van der Waals surface area contributed by atoms with E-state index in [1.54, 1.807) is 6.92 Å². The summed E-state index contributed by atoms with van der Waals surface area (Å²) < 4.78 is 11.4. The van der Waals surface area contributed by atoms with Gasteiger partial charge < -0.3 is 19.3 Å². The maximum atomic E-state index is 13.0. The Labute approximate surface area is 211 Å². The van der Waals surface area contributed by atoms with Crippen molar-refractivity contribution < 1.29 is 14.3 Å². The first kappa shape index (κ1) is 23.6. The van der Waals surface area contributed by atoms with Crippen LogP contribution in [0.15, 0.2) is 78.9 Å². The lowest BCUT2D eigenvalue weighted by Crippen LogP contribution is -2.52. The summed E-state index contributed by atoms with van der Waals surface area (Å²) in [5, 5.41) is 11.4. The predicted molar refractivity (Wildman–Crippen MR) is 141 cm³/mol. The van der Waals surface area contributed by atoms with E-state index < -0.39 is 6.10 Å². The van der Waals surface area contributed by atoms with E-state index in [1.807, 2.05) is 66.4 Å². The number of nitrogens with zero attached hydrogens (tertiary/aromatic N) is 4. The number of carbonyl (C=O) groups excluding carboxylic acids is 1. The van der Waals surface area contributed by atoms with Crippen LogP contribution in [0.3, 0.4) is 0 Å². The molecule has 36 heavy (non-hydrogen) atoms. The van der Waals surface area contributed by atoms with Gasteiger partial charge in [-0.15, -0.1) is 10.2 Å². The fourth-order valence-corrected chi connectivity index (χ4v) is 4.56. The van der Waals surface area contributed by atoms with Crippen LogP contribution in [0.5, 0.6) is 11.5 Å². The van der Waals surface area contributed by atoms with Gasteiger partial charge in [-0.05, 0) is 48.9 Å². The van der Waals surface area contributed by atoms with Crippen molar-refractivity contribution in [1.82, 2.24) is 15.1 Å². The molecule has 1 fully saturated rings. The van der Waals surface area contributed by atoms with Crippen LogP contribution in [0.1, 0.15) is 13.8 Å². The Morgan fingerprint density at radius 2 is 1.64 bits per heavy atom. The average molecular weight is 483 g/mol. The van der Waals surface area contributed by atoms with E-state index in [2.05, 4.69) is 39.4 Å². The molecule has 0 spiro atoms. The summed E-state index contributed by atoms with van der Waals surface area (Å²) in [5.41, 5.74) is 1.92. The molecule has 1 aliphatic heterocycles. The van der Waals surface area contributed by atoms with Gasteiger partial charge in [0.1, 0.15) is 11.5 Å². The van der Waals surface area contributed by atoms with Gasteiger partial charge in [0.2, 0.25) is 0 Å². The highest BCUT2D eigenvalue weighted by molar-refractivity contribution is 5.95. The molecule has 0 N–H and O–H groups in total. The maximum absolute atomic E-state index is 13.0. The van der Waals surface area contributed by atoms with Crippen molar-refractivity contribution in [3.63, 3.8) is 0 Å². The van der Waals surface area contributed by atoms with Gasteiger partial charge in [-0.2, -0.15) is 0 Å². The Balaban J connectivity index is 1.19. The van der Waals surface area contributed by atoms with Gasteiger partial charge in [0, 0.05) is 37.8 Å². The summed E-state index contributed by atoms with van der Waals surface area (Å²) in [6, 6.07) is 25.9. The lowest BCUT2D eigenvalue weighted by atomic mass is 10.0. The number of hydrogen-bond donors (Lipinski definition) is 0. The molecule has 0 saturated carbocycles. The molecule has 1 saturated heterocycles. The average Bonchev–Trinajstić information content (AvgIpc) is 2.93. The van der Waals surface area contributed by atoms with Crippen molar-refractivity contribution in [2.45, 2.75) is 20.0 Å². The Morgan fingerprint density at radius 1 is 0.889 bits per heavy atom. The number of amides is 1. The second kappa shape index (κ2) is 10.6. The zero-order chi connectivity index (χ0) is 24.9. The molecule has 5 rings (SSSR count). The minimum atomic E-state index is -0.576. The molecule has 1 atom stereocenters. The number of rotatable bonds is 7. The van der Waals surface area contributed by atoms with Crippen LogP contribution >= 0.6 is 0 Å². The Bertz CT molecular complexity index is 1330. The van der Waals surface area contributed by atoms with Gasteiger partial charge >= 0.3 is 0 Å². The van der Waals surface area contributed by atoms with Gasteiger partial charge in [-0.1, -0.05) is 48.5 Å².